The Morgan fingerprint density at radius 1 is 1.15 bits per heavy atom. The van der Waals surface area contributed by atoms with Gasteiger partial charge in [0.2, 0.25) is 0 Å². The van der Waals surface area contributed by atoms with Crippen LogP contribution in [0.25, 0.3) is 0 Å². The van der Waals surface area contributed by atoms with E-state index in [1.54, 1.807) is 0 Å². The zero-order valence-corrected chi connectivity index (χ0v) is 13.2. The quantitative estimate of drug-likeness (QED) is 0.708. The van der Waals surface area contributed by atoms with Crippen LogP contribution in [0.5, 0.6) is 0 Å². The van der Waals surface area contributed by atoms with Crippen molar-refractivity contribution in [2.45, 2.75) is 38.8 Å². The molecule has 0 saturated carbocycles. The number of hydrogen-bond donors (Lipinski definition) is 0. The van der Waals surface area contributed by atoms with Crippen LogP contribution in [0.3, 0.4) is 0 Å². The molecule has 5 nitrogen and oxygen atoms in total. The summed E-state index contributed by atoms with van der Waals surface area (Å²) >= 11 is 0. The largest absolute Gasteiger partial charge is 0.465 e. The zero-order valence-electron chi connectivity index (χ0n) is 13.2. The Labute approximate surface area is 122 Å². The number of carbonyl (C=O) groups excluding carboxylic acids is 1. The molecule has 1 atom stereocenters. The first kappa shape index (κ1) is 15.7. The molecule has 0 amide bonds. The van der Waals surface area contributed by atoms with E-state index >= 15 is 0 Å². The number of likely N-dealkylation sites (N-methyl/N-ethyl adjacent to an activating group) is 1. The van der Waals surface area contributed by atoms with Crippen LogP contribution >= 0.6 is 0 Å². The van der Waals surface area contributed by atoms with Gasteiger partial charge in [-0.2, -0.15) is 0 Å². The molecule has 2 aliphatic heterocycles. The summed E-state index contributed by atoms with van der Waals surface area (Å²) < 4.78 is 5.12. The Balaban J connectivity index is 1.76. The van der Waals surface area contributed by atoms with Crippen LogP contribution in [-0.4, -0.2) is 85.7 Å². The van der Waals surface area contributed by atoms with Gasteiger partial charge >= 0.3 is 5.97 Å². The van der Waals surface area contributed by atoms with Gasteiger partial charge in [0.25, 0.3) is 0 Å². The summed E-state index contributed by atoms with van der Waals surface area (Å²) in [5, 5.41) is 0. The highest BCUT2D eigenvalue weighted by atomic mass is 16.5. The number of ether oxygens (including phenoxy) is 1. The van der Waals surface area contributed by atoms with Gasteiger partial charge in [-0.1, -0.05) is 0 Å². The Kier molecular flexibility index (Phi) is 5.81. The van der Waals surface area contributed by atoms with E-state index < -0.39 is 0 Å². The summed E-state index contributed by atoms with van der Waals surface area (Å²) in [6.07, 6.45) is 2.35. The Hall–Kier alpha value is -0.650. The van der Waals surface area contributed by atoms with E-state index in [-0.39, 0.29) is 12.0 Å². The van der Waals surface area contributed by atoms with Crippen LogP contribution < -0.4 is 0 Å². The van der Waals surface area contributed by atoms with Crippen LogP contribution in [0.15, 0.2) is 0 Å². The third-order valence-corrected chi connectivity index (χ3v) is 4.73. The minimum Gasteiger partial charge on any atom is -0.465 e. The van der Waals surface area contributed by atoms with Crippen molar-refractivity contribution in [2.24, 2.45) is 0 Å². The number of piperidine rings is 1. The average molecular weight is 283 g/mol. The fraction of sp³-hybridized carbons (Fsp3) is 0.933. The molecule has 0 aromatic heterocycles. The summed E-state index contributed by atoms with van der Waals surface area (Å²) in [5.41, 5.74) is 0. The highest BCUT2D eigenvalue weighted by Crippen LogP contribution is 2.19. The zero-order chi connectivity index (χ0) is 14.5. The molecule has 1 unspecified atom stereocenters. The molecular weight excluding hydrogens is 254 g/mol. The second kappa shape index (κ2) is 7.38. The van der Waals surface area contributed by atoms with Gasteiger partial charge in [-0.15, -0.1) is 0 Å². The minimum absolute atomic E-state index is 0.0782. The summed E-state index contributed by atoms with van der Waals surface area (Å²) in [4.78, 5) is 19.1. The molecule has 2 aliphatic rings. The van der Waals surface area contributed by atoms with Crippen molar-refractivity contribution in [3.63, 3.8) is 0 Å². The van der Waals surface area contributed by atoms with E-state index in [1.165, 1.54) is 39.0 Å². The predicted octanol–water partition coefficient (Wildman–Crippen LogP) is 0.650. The Bertz CT molecular complexity index is 308. The summed E-state index contributed by atoms with van der Waals surface area (Å²) in [5.74, 6) is -0.0782. The normalized spacial score (nSPS) is 25.6. The van der Waals surface area contributed by atoms with Crippen LogP contribution in [-0.2, 0) is 9.53 Å². The van der Waals surface area contributed by atoms with E-state index in [1.807, 2.05) is 13.8 Å². The fourth-order valence-electron chi connectivity index (χ4n) is 3.24. The first-order chi connectivity index (χ1) is 9.61. The van der Waals surface area contributed by atoms with Crippen LogP contribution in [0.1, 0.15) is 26.7 Å². The van der Waals surface area contributed by atoms with E-state index in [4.69, 9.17) is 4.74 Å². The van der Waals surface area contributed by atoms with Gasteiger partial charge in [-0.25, -0.2) is 0 Å². The number of piperazine rings is 1. The highest BCUT2D eigenvalue weighted by Gasteiger charge is 2.30. The van der Waals surface area contributed by atoms with Gasteiger partial charge in [-0.05, 0) is 33.7 Å². The molecule has 0 aliphatic carbocycles. The lowest BCUT2D eigenvalue weighted by molar-refractivity contribution is -0.149. The number of rotatable bonds is 4. The molecule has 20 heavy (non-hydrogen) atoms. The lowest BCUT2D eigenvalue weighted by Gasteiger charge is -2.42. The standard InChI is InChI=1S/C15H29N3O2/c1-4-20-15(19)13(2)17-7-5-14(6-8-17)18-11-9-16(3)10-12-18/h13-14H,4-12H2,1-3H3. The smallest absolute Gasteiger partial charge is 0.323 e. The van der Waals surface area contributed by atoms with E-state index in [2.05, 4.69) is 21.7 Å². The van der Waals surface area contributed by atoms with Crippen molar-refractivity contribution in [1.82, 2.24) is 14.7 Å². The maximum atomic E-state index is 11.8. The highest BCUT2D eigenvalue weighted by molar-refractivity contribution is 5.75. The number of hydrogen-bond acceptors (Lipinski definition) is 5. The van der Waals surface area contributed by atoms with E-state index in [0.717, 1.165) is 13.1 Å². The van der Waals surface area contributed by atoms with Gasteiger partial charge in [0.1, 0.15) is 6.04 Å². The van der Waals surface area contributed by atoms with E-state index in [0.29, 0.717) is 12.6 Å². The molecule has 0 radical (unpaired) electrons. The van der Waals surface area contributed by atoms with Gasteiger partial charge in [0.05, 0.1) is 6.61 Å². The molecule has 116 valence electrons. The third-order valence-electron chi connectivity index (χ3n) is 4.73. The number of carbonyl (C=O) groups is 1. The molecule has 5 heteroatoms. The molecule has 0 aromatic carbocycles. The molecule has 2 saturated heterocycles. The van der Waals surface area contributed by atoms with Crippen molar-refractivity contribution in [3.8, 4) is 0 Å². The van der Waals surface area contributed by atoms with Crippen molar-refractivity contribution in [3.05, 3.63) is 0 Å². The molecule has 0 spiro atoms. The molecular formula is C15H29N3O2. The predicted molar refractivity (Wildman–Crippen MR) is 79.8 cm³/mol. The first-order valence-corrected chi connectivity index (χ1v) is 7.95. The number of esters is 1. The van der Waals surface area contributed by atoms with Gasteiger partial charge in [0.15, 0.2) is 0 Å². The maximum absolute atomic E-state index is 11.8. The van der Waals surface area contributed by atoms with Crippen molar-refractivity contribution >= 4 is 5.97 Å². The van der Waals surface area contributed by atoms with Crippen molar-refractivity contribution < 1.29 is 9.53 Å². The fourth-order valence-corrected chi connectivity index (χ4v) is 3.24. The van der Waals surface area contributed by atoms with Crippen LogP contribution in [0, 0.1) is 0 Å². The minimum atomic E-state index is -0.0941. The monoisotopic (exact) mass is 283 g/mol. The molecule has 2 fully saturated rings. The third kappa shape index (κ3) is 3.93. The number of nitrogens with zero attached hydrogens (tertiary/aromatic N) is 3. The SMILES string of the molecule is CCOC(=O)C(C)N1CCC(N2CCN(C)CC2)CC1. The Morgan fingerprint density at radius 2 is 1.75 bits per heavy atom. The first-order valence-electron chi connectivity index (χ1n) is 7.95. The van der Waals surface area contributed by atoms with Gasteiger partial charge in [0, 0.05) is 45.3 Å². The van der Waals surface area contributed by atoms with Gasteiger partial charge in [-0.3, -0.25) is 14.6 Å². The van der Waals surface area contributed by atoms with Crippen molar-refractivity contribution in [1.29, 1.82) is 0 Å². The van der Waals surface area contributed by atoms with Crippen molar-refractivity contribution in [2.75, 3.05) is 52.9 Å². The molecule has 2 rings (SSSR count). The molecule has 0 bridgehead atoms. The van der Waals surface area contributed by atoms with Gasteiger partial charge < -0.3 is 9.64 Å². The Morgan fingerprint density at radius 3 is 2.30 bits per heavy atom. The maximum Gasteiger partial charge on any atom is 0.323 e. The lowest BCUT2D eigenvalue weighted by atomic mass is 10.0. The summed E-state index contributed by atoms with van der Waals surface area (Å²) in [7, 11) is 2.20. The average Bonchev–Trinajstić information content (AvgIpc) is 2.48. The van der Waals surface area contributed by atoms with Crippen LogP contribution in [0.2, 0.25) is 0 Å². The summed E-state index contributed by atoms with van der Waals surface area (Å²) in [6, 6.07) is 0.609. The van der Waals surface area contributed by atoms with Crippen LogP contribution in [0.4, 0.5) is 0 Å². The lowest BCUT2D eigenvalue weighted by Crippen LogP contribution is -2.54. The molecule has 0 N–H and O–H groups in total. The second-order valence-electron chi connectivity index (χ2n) is 6.03. The summed E-state index contributed by atoms with van der Waals surface area (Å²) in [6.45, 7) is 11.1. The number of likely N-dealkylation sites (tertiary alicyclic amines) is 1. The molecule has 2 heterocycles. The van der Waals surface area contributed by atoms with E-state index in [9.17, 15) is 4.79 Å². The second-order valence-corrected chi connectivity index (χ2v) is 6.03. The molecule has 0 aromatic rings. The topological polar surface area (TPSA) is 36.0 Å².